The van der Waals surface area contributed by atoms with E-state index in [0.29, 0.717) is 13.0 Å². The van der Waals surface area contributed by atoms with Crippen LogP contribution in [0.1, 0.15) is 181 Å². The van der Waals surface area contributed by atoms with Gasteiger partial charge in [0.1, 0.15) is 6.10 Å². The molecule has 4 heteroatoms. The predicted octanol–water partition coefficient (Wildman–Crippen LogP) is 16.8. The monoisotopic (exact) mass is 839 g/mol. The summed E-state index contributed by atoms with van der Waals surface area (Å²) < 4.78 is 11.2. The van der Waals surface area contributed by atoms with E-state index in [1.807, 2.05) is 0 Å². The Labute approximate surface area is 376 Å². The van der Waals surface area contributed by atoms with E-state index in [0.717, 1.165) is 116 Å². The maximum atomic E-state index is 12.3. The number of rotatable bonds is 43. The Morgan fingerprint density at radius 1 is 0.393 bits per heavy atom. The van der Waals surface area contributed by atoms with Gasteiger partial charge in [0.25, 0.3) is 0 Å². The molecule has 1 unspecified atom stereocenters. The highest BCUT2D eigenvalue weighted by atomic mass is 16.6. The minimum atomic E-state index is -0.570. The summed E-state index contributed by atoms with van der Waals surface area (Å²) in [5.74, 6) is -0.242. The topological polar surface area (TPSA) is 55.8 Å². The summed E-state index contributed by atoms with van der Waals surface area (Å²) in [4.78, 5) is 12.3. The molecule has 0 spiro atoms. The van der Waals surface area contributed by atoms with Crippen LogP contribution in [0.25, 0.3) is 0 Å². The van der Waals surface area contributed by atoms with Gasteiger partial charge in [0, 0.05) is 13.0 Å². The van der Waals surface area contributed by atoms with E-state index in [1.54, 1.807) is 0 Å². The molecule has 0 saturated heterocycles. The summed E-state index contributed by atoms with van der Waals surface area (Å²) >= 11 is 0. The van der Waals surface area contributed by atoms with Gasteiger partial charge in [0.05, 0.1) is 13.2 Å². The molecule has 0 fully saturated rings. The summed E-state index contributed by atoms with van der Waals surface area (Å²) in [6, 6.07) is 0. The van der Waals surface area contributed by atoms with Crippen LogP contribution >= 0.6 is 0 Å². The fourth-order valence-electron chi connectivity index (χ4n) is 6.10. The number of aliphatic hydroxyl groups excluding tert-OH is 1. The smallest absolute Gasteiger partial charge is 0.306 e. The van der Waals surface area contributed by atoms with Crippen LogP contribution in [0.3, 0.4) is 0 Å². The van der Waals surface area contributed by atoms with Crippen LogP contribution < -0.4 is 0 Å². The van der Waals surface area contributed by atoms with Crippen LogP contribution in [0.4, 0.5) is 0 Å². The number of carbonyl (C=O) groups is 1. The van der Waals surface area contributed by atoms with Crippen molar-refractivity contribution >= 4 is 5.97 Å². The van der Waals surface area contributed by atoms with E-state index < -0.39 is 6.10 Å². The lowest BCUT2D eigenvalue weighted by Crippen LogP contribution is -2.27. The van der Waals surface area contributed by atoms with Gasteiger partial charge in [-0.2, -0.15) is 0 Å². The molecule has 0 aromatic rings. The van der Waals surface area contributed by atoms with Crippen LogP contribution in [0.5, 0.6) is 0 Å². The average molecular weight is 839 g/mol. The second-order valence-corrected chi connectivity index (χ2v) is 15.4. The Hall–Kier alpha value is -3.73. The van der Waals surface area contributed by atoms with Crippen molar-refractivity contribution in [2.24, 2.45) is 0 Å². The van der Waals surface area contributed by atoms with Gasteiger partial charge in [-0.1, -0.05) is 205 Å². The third-order valence-corrected chi connectivity index (χ3v) is 9.66. The van der Waals surface area contributed by atoms with Crippen molar-refractivity contribution in [3.8, 4) is 0 Å². The first-order chi connectivity index (χ1) is 30.2. The van der Waals surface area contributed by atoms with Crippen LogP contribution in [0.2, 0.25) is 0 Å². The van der Waals surface area contributed by atoms with Gasteiger partial charge in [-0.15, -0.1) is 0 Å². The van der Waals surface area contributed by atoms with E-state index in [9.17, 15) is 9.90 Å². The summed E-state index contributed by atoms with van der Waals surface area (Å²) in [6.07, 6.45) is 80.6. The Morgan fingerprint density at radius 2 is 0.689 bits per heavy atom. The van der Waals surface area contributed by atoms with Crippen LogP contribution in [-0.4, -0.2) is 37.0 Å². The van der Waals surface area contributed by atoms with Crippen molar-refractivity contribution in [3.05, 3.63) is 146 Å². The van der Waals surface area contributed by atoms with Crippen molar-refractivity contribution in [3.63, 3.8) is 0 Å². The highest BCUT2D eigenvalue weighted by molar-refractivity contribution is 5.69. The lowest BCUT2D eigenvalue weighted by molar-refractivity contribution is -0.154. The van der Waals surface area contributed by atoms with E-state index in [1.165, 1.54) is 44.9 Å². The largest absolute Gasteiger partial charge is 0.457 e. The fraction of sp³-hybridized carbons (Fsp3) is 0.561. The molecular formula is C57H90O4. The maximum absolute atomic E-state index is 12.3. The molecule has 0 bridgehead atoms. The molecule has 0 rings (SSSR count). The lowest BCUT2D eigenvalue weighted by Gasteiger charge is -2.15. The van der Waals surface area contributed by atoms with Gasteiger partial charge in [-0.05, 0) is 116 Å². The third kappa shape index (κ3) is 50.5. The van der Waals surface area contributed by atoms with Gasteiger partial charge in [-0.25, -0.2) is 0 Å². The van der Waals surface area contributed by atoms with Crippen LogP contribution in [0.15, 0.2) is 146 Å². The van der Waals surface area contributed by atoms with Gasteiger partial charge in [-0.3, -0.25) is 4.79 Å². The van der Waals surface area contributed by atoms with Crippen molar-refractivity contribution in [1.82, 2.24) is 0 Å². The first-order valence-corrected chi connectivity index (χ1v) is 24.4. The zero-order valence-corrected chi connectivity index (χ0v) is 39.1. The number of ether oxygens (including phenoxy) is 2. The van der Waals surface area contributed by atoms with E-state index in [-0.39, 0.29) is 19.2 Å². The zero-order valence-electron chi connectivity index (χ0n) is 39.1. The number of aliphatic hydroxyl groups is 1. The summed E-state index contributed by atoms with van der Waals surface area (Å²) in [5, 5.41) is 9.64. The molecule has 1 atom stereocenters. The second-order valence-electron chi connectivity index (χ2n) is 15.4. The third-order valence-electron chi connectivity index (χ3n) is 9.66. The molecule has 342 valence electrons. The molecule has 1 N–H and O–H groups in total. The molecule has 4 nitrogen and oxygen atoms in total. The summed E-state index contributed by atoms with van der Waals surface area (Å²) in [7, 11) is 0. The minimum absolute atomic E-state index is 0.200. The van der Waals surface area contributed by atoms with Crippen molar-refractivity contribution in [2.45, 2.75) is 187 Å². The molecule has 0 aromatic heterocycles. The van der Waals surface area contributed by atoms with Crippen molar-refractivity contribution in [2.75, 3.05) is 19.8 Å². The maximum Gasteiger partial charge on any atom is 0.306 e. The summed E-state index contributed by atoms with van der Waals surface area (Å²) in [5.41, 5.74) is 0. The van der Waals surface area contributed by atoms with Crippen molar-refractivity contribution < 1.29 is 19.4 Å². The van der Waals surface area contributed by atoms with E-state index in [4.69, 9.17) is 9.47 Å². The Balaban J connectivity index is 3.60. The molecule has 0 saturated carbocycles. The highest BCUT2D eigenvalue weighted by Crippen LogP contribution is 2.11. The summed E-state index contributed by atoms with van der Waals surface area (Å²) in [6.45, 7) is 5.04. The van der Waals surface area contributed by atoms with Crippen LogP contribution in [-0.2, 0) is 14.3 Å². The zero-order chi connectivity index (χ0) is 44.0. The quantitative estimate of drug-likeness (QED) is 0.0378. The van der Waals surface area contributed by atoms with E-state index >= 15 is 0 Å². The molecule has 0 heterocycles. The molecule has 61 heavy (non-hydrogen) atoms. The Bertz CT molecular complexity index is 1300. The predicted molar refractivity (Wildman–Crippen MR) is 269 cm³/mol. The van der Waals surface area contributed by atoms with Gasteiger partial charge >= 0.3 is 5.97 Å². The first-order valence-electron chi connectivity index (χ1n) is 24.4. The second kappa shape index (κ2) is 52.4. The molecule has 0 aliphatic heterocycles. The first kappa shape index (κ1) is 57.3. The number of hydrogen-bond donors (Lipinski definition) is 1. The number of carbonyl (C=O) groups excluding carboxylic acids is 1. The SMILES string of the molecule is CC/C=C\C/C=C\C/C=C\C/C=C\C/C=C\C/C=C\C/C=C\CCCCCC(=O)OC(CO)COCCCCCCCCCC/C=C\C/C=C\C/C=C\C/C=C\C/C=C\CC. The van der Waals surface area contributed by atoms with Crippen LogP contribution in [0, 0.1) is 0 Å². The van der Waals surface area contributed by atoms with Gasteiger partial charge < -0.3 is 14.6 Å². The van der Waals surface area contributed by atoms with Gasteiger partial charge in [0.15, 0.2) is 0 Å². The van der Waals surface area contributed by atoms with Gasteiger partial charge in [0.2, 0.25) is 0 Å². The normalized spacial score (nSPS) is 13.7. The fourth-order valence-corrected chi connectivity index (χ4v) is 6.10. The van der Waals surface area contributed by atoms with Crippen molar-refractivity contribution in [1.29, 1.82) is 0 Å². The molecule has 0 aromatic carbocycles. The molecule has 0 aliphatic rings. The highest BCUT2D eigenvalue weighted by Gasteiger charge is 2.13. The Kier molecular flexibility index (Phi) is 49.2. The lowest BCUT2D eigenvalue weighted by atomic mass is 10.1. The number of allylic oxidation sites excluding steroid dienone is 24. The standard InChI is InChI=1S/C57H90O4/c1-3-5-7-9-11-13-15-17-19-21-23-25-27-29-30-32-34-36-38-40-42-44-46-48-50-52-57(59)61-56(54-58)55-60-53-51-49-47-45-43-41-39-37-35-33-31-28-26-24-22-20-18-16-14-12-10-8-6-4-2/h5-8,11-14,17-20,23-26,29-31,33-34,36,40,42,56,58H,3-4,9-10,15-16,21-22,27-28,32,35,37-39,41,43-55H2,1-2H3/b7-5-,8-6-,13-11-,14-12-,19-17-,20-18-,25-23-,26-24-,30-29-,33-31-,36-34-,42-40-. The van der Waals surface area contributed by atoms with E-state index in [2.05, 4.69) is 160 Å². The molecule has 0 amide bonds. The Morgan fingerprint density at radius 3 is 1.03 bits per heavy atom. The molecule has 0 aliphatic carbocycles. The number of unbranched alkanes of at least 4 members (excludes halogenated alkanes) is 11. The molecule has 0 radical (unpaired) electrons. The minimum Gasteiger partial charge on any atom is -0.457 e. The number of esters is 1. The molecular weight excluding hydrogens is 749 g/mol. The average Bonchev–Trinajstić information content (AvgIpc) is 3.27. The number of hydrogen-bond acceptors (Lipinski definition) is 4.